The van der Waals surface area contributed by atoms with E-state index in [9.17, 15) is 13.2 Å². The zero-order valence-corrected chi connectivity index (χ0v) is 12.4. The highest BCUT2D eigenvalue weighted by Crippen LogP contribution is 2.17. The molecule has 1 fully saturated rings. The second-order valence-corrected chi connectivity index (χ2v) is 7.47. The summed E-state index contributed by atoms with van der Waals surface area (Å²) in [5.74, 6) is 1.11. The lowest BCUT2D eigenvalue weighted by Crippen LogP contribution is -2.39. The van der Waals surface area contributed by atoms with Crippen molar-refractivity contribution in [3.8, 4) is 0 Å². The Kier molecular flexibility index (Phi) is 4.32. The minimum Gasteiger partial charge on any atom is -0.361 e. The van der Waals surface area contributed by atoms with Gasteiger partial charge >= 0.3 is 6.03 Å². The number of carbonyl (C=O) groups excluding carboxylic acids is 1. The molecule has 0 radical (unpaired) electrons. The van der Waals surface area contributed by atoms with E-state index in [-0.39, 0.29) is 23.5 Å². The average Bonchev–Trinajstić information content (AvgIpc) is 2.92. The first kappa shape index (κ1) is 14.8. The van der Waals surface area contributed by atoms with Gasteiger partial charge in [-0.3, -0.25) is 0 Å². The molecular weight excluding hydrogens is 282 g/mol. The van der Waals surface area contributed by atoms with Crippen LogP contribution >= 0.6 is 0 Å². The van der Waals surface area contributed by atoms with Gasteiger partial charge in [-0.05, 0) is 19.3 Å². The van der Waals surface area contributed by atoms with Gasteiger partial charge in [0.05, 0.1) is 18.1 Å². The van der Waals surface area contributed by atoms with E-state index in [4.69, 9.17) is 4.52 Å². The predicted octanol–water partition coefficient (Wildman–Crippen LogP) is 0.559. The van der Waals surface area contributed by atoms with E-state index in [2.05, 4.69) is 10.5 Å². The Labute approximate surface area is 118 Å². The minimum atomic E-state index is -2.90. The third-order valence-electron chi connectivity index (χ3n) is 3.29. The number of urea groups is 1. The Morgan fingerprint density at radius 3 is 2.90 bits per heavy atom. The van der Waals surface area contributed by atoms with E-state index < -0.39 is 9.84 Å². The SMILES string of the molecule is Cc1cc(CN(C)C(=O)NC[C@@H]2CCS(=O)(=O)C2)no1. The highest BCUT2D eigenvalue weighted by molar-refractivity contribution is 7.91. The molecule has 0 aliphatic carbocycles. The number of amides is 2. The molecule has 2 rings (SSSR count). The number of sulfone groups is 1. The molecule has 0 unspecified atom stereocenters. The fourth-order valence-electron chi connectivity index (χ4n) is 2.21. The molecule has 112 valence electrons. The summed E-state index contributed by atoms with van der Waals surface area (Å²) >= 11 is 0. The van der Waals surface area contributed by atoms with Gasteiger partial charge in [0, 0.05) is 19.7 Å². The minimum absolute atomic E-state index is 0.0200. The molecule has 1 aromatic heterocycles. The normalized spacial score (nSPS) is 20.8. The molecule has 1 aliphatic rings. The Hall–Kier alpha value is -1.57. The van der Waals surface area contributed by atoms with Gasteiger partial charge < -0.3 is 14.7 Å². The molecule has 20 heavy (non-hydrogen) atoms. The van der Waals surface area contributed by atoms with Crippen LogP contribution in [-0.2, 0) is 16.4 Å². The van der Waals surface area contributed by atoms with Crippen molar-refractivity contribution in [3.05, 3.63) is 17.5 Å². The molecule has 7 nitrogen and oxygen atoms in total. The third-order valence-corrected chi connectivity index (χ3v) is 5.13. The average molecular weight is 301 g/mol. The first-order valence-electron chi connectivity index (χ1n) is 6.47. The maximum absolute atomic E-state index is 11.9. The Balaban J connectivity index is 1.77. The maximum atomic E-state index is 11.9. The van der Waals surface area contributed by atoms with Crippen molar-refractivity contribution in [3.63, 3.8) is 0 Å². The standard InChI is InChI=1S/C12H19N3O4S/c1-9-5-11(14-19-9)7-15(2)12(16)13-6-10-3-4-20(17,18)8-10/h5,10H,3-4,6-8H2,1-2H3,(H,13,16)/t10-/m0/s1. The van der Waals surface area contributed by atoms with Gasteiger partial charge in [-0.2, -0.15) is 0 Å². The molecule has 1 aromatic rings. The second-order valence-electron chi connectivity index (χ2n) is 5.24. The molecule has 1 aliphatic heterocycles. The van der Waals surface area contributed by atoms with Gasteiger partial charge in [0.15, 0.2) is 9.84 Å². The maximum Gasteiger partial charge on any atom is 0.317 e. The molecule has 1 saturated heterocycles. The van der Waals surface area contributed by atoms with Gasteiger partial charge in [0.25, 0.3) is 0 Å². The van der Waals surface area contributed by atoms with E-state index in [0.717, 1.165) is 0 Å². The van der Waals surface area contributed by atoms with Gasteiger partial charge in [-0.15, -0.1) is 0 Å². The summed E-state index contributed by atoms with van der Waals surface area (Å²) in [4.78, 5) is 13.4. The van der Waals surface area contributed by atoms with Crippen LogP contribution in [0, 0.1) is 12.8 Å². The van der Waals surface area contributed by atoms with Gasteiger partial charge in [0.1, 0.15) is 11.5 Å². The molecule has 2 amide bonds. The van der Waals surface area contributed by atoms with Gasteiger partial charge in [-0.1, -0.05) is 5.16 Å². The molecule has 8 heteroatoms. The zero-order chi connectivity index (χ0) is 14.8. The molecule has 0 spiro atoms. The van der Waals surface area contributed by atoms with E-state index in [1.807, 2.05) is 0 Å². The third kappa shape index (κ3) is 3.96. The first-order chi connectivity index (χ1) is 9.35. The van der Waals surface area contributed by atoms with Crippen molar-refractivity contribution in [2.45, 2.75) is 19.9 Å². The van der Waals surface area contributed by atoms with Gasteiger partial charge in [-0.25, -0.2) is 13.2 Å². The van der Waals surface area contributed by atoms with Crippen molar-refractivity contribution < 1.29 is 17.7 Å². The summed E-state index contributed by atoms with van der Waals surface area (Å²) in [6.45, 7) is 2.53. The lowest BCUT2D eigenvalue weighted by atomic mass is 10.1. The number of nitrogens with one attached hydrogen (secondary N) is 1. The summed E-state index contributed by atoms with van der Waals surface area (Å²) in [7, 11) is -1.24. The van der Waals surface area contributed by atoms with E-state index in [1.165, 1.54) is 4.90 Å². The van der Waals surface area contributed by atoms with Crippen molar-refractivity contribution in [2.24, 2.45) is 5.92 Å². The predicted molar refractivity (Wildman–Crippen MR) is 72.9 cm³/mol. The van der Waals surface area contributed by atoms with Crippen LogP contribution in [-0.4, -0.2) is 49.6 Å². The summed E-state index contributed by atoms with van der Waals surface area (Å²) in [6.07, 6.45) is 0.620. The highest BCUT2D eigenvalue weighted by atomic mass is 32.2. The molecule has 0 saturated carbocycles. The van der Waals surface area contributed by atoms with Crippen LogP contribution in [0.2, 0.25) is 0 Å². The van der Waals surface area contributed by atoms with Crippen LogP contribution in [0.15, 0.2) is 10.6 Å². The number of aromatic nitrogens is 1. The smallest absolute Gasteiger partial charge is 0.317 e. The van der Waals surface area contributed by atoms with Crippen molar-refractivity contribution in [1.29, 1.82) is 0 Å². The summed E-state index contributed by atoms with van der Waals surface area (Å²) in [5, 5.41) is 6.57. The fourth-order valence-corrected chi connectivity index (χ4v) is 4.07. The molecule has 2 heterocycles. The zero-order valence-electron chi connectivity index (χ0n) is 11.6. The van der Waals surface area contributed by atoms with Crippen LogP contribution in [0.5, 0.6) is 0 Å². The molecule has 0 aromatic carbocycles. The lowest BCUT2D eigenvalue weighted by Gasteiger charge is -2.18. The molecular formula is C12H19N3O4S. The number of rotatable bonds is 4. The van der Waals surface area contributed by atoms with Crippen molar-refractivity contribution in [2.75, 3.05) is 25.1 Å². The second kappa shape index (κ2) is 5.82. The van der Waals surface area contributed by atoms with E-state index >= 15 is 0 Å². The van der Waals surface area contributed by atoms with Crippen LogP contribution in [0.3, 0.4) is 0 Å². The molecule has 1 N–H and O–H groups in total. The van der Waals surface area contributed by atoms with Crippen LogP contribution < -0.4 is 5.32 Å². The Morgan fingerprint density at radius 2 is 2.35 bits per heavy atom. The first-order valence-corrected chi connectivity index (χ1v) is 8.29. The number of aryl methyl sites for hydroxylation is 1. The quantitative estimate of drug-likeness (QED) is 0.877. The monoisotopic (exact) mass is 301 g/mol. The van der Waals surface area contributed by atoms with Crippen LogP contribution in [0.4, 0.5) is 4.79 Å². The lowest BCUT2D eigenvalue weighted by molar-refractivity contribution is 0.204. The Morgan fingerprint density at radius 1 is 1.60 bits per heavy atom. The largest absolute Gasteiger partial charge is 0.361 e. The van der Waals surface area contributed by atoms with Crippen LogP contribution in [0.25, 0.3) is 0 Å². The van der Waals surface area contributed by atoms with E-state index in [1.54, 1.807) is 20.0 Å². The van der Waals surface area contributed by atoms with Crippen LogP contribution in [0.1, 0.15) is 17.9 Å². The highest BCUT2D eigenvalue weighted by Gasteiger charge is 2.28. The summed E-state index contributed by atoms with van der Waals surface area (Å²) < 4.78 is 27.6. The van der Waals surface area contributed by atoms with Gasteiger partial charge in [0.2, 0.25) is 0 Å². The van der Waals surface area contributed by atoms with Crippen molar-refractivity contribution >= 4 is 15.9 Å². The fraction of sp³-hybridized carbons (Fsp3) is 0.667. The molecule has 1 atom stereocenters. The topological polar surface area (TPSA) is 92.5 Å². The number of nitrogens with zero attached hydrogens (tertiary/aromatic N) is 2. The number of hydrogen-bond acceptors (Lipinski definition) is 5. The number of carbonyl (C=O) groups is 1. The van der Waals surface area contributed by atoms with E-state index in [0.29, 0.717) is 31.0 Å². The summed E-state index contributed by atoms with van der Waals surface area (Å²) in [5.41, 5.74) is 0.684. The summed E-state index contributed by atoms with van der Waals surface area (Å²) in [6, 6.07) is 1.53. The van der Waals surface area contributed by atoms with Crippen molar-refractivity contribution in [1.82, 2.24) is 15.4 Å². The Bertz CT molecular complexity index is 581. The number of hydrogen-bond donors (Lipinski definition) is 1. The molecule has 0 bridgehead atoms.